The van der Waals surface area contributed by atoms with Gasteiger partial charge >= 0.3 is 6.03 Å². The van der Waals surface area contributed by atoms with Crippen LogP contribution in [0.3, 0.4) is 0 Å². The Kier molecular flexibility index (Phi) is 6.08. The SMILES string of the molecule is CC(NC(=O)CN1C(=O)NC(C)(c2ccc(Cl)cc2)C1=O)c1ccc(Cl)cc1Cl. The molecule has 29 heavy (non-hydrogen) atoms. The van der Waals surface area contributed by atoms with Gasteiger partial charge in [-0.3, -0.25) is 14.5 Å². The molecule has 4 amide bonds. The Balaban J connectivity index is 1.71. The highest BCUT2D eigenvalue weighted by molar-refractivity contribution is 6.35. The van der Waals surface area contributed by atoms with Crippen LogP contribution >= 0.6 is 34.8 Å². The van der Waals surface area contributed by atoms with Crippen molar-refractivity contribution in [1.29, 1.82) is 0 Å². The van der Waals surface area contributed by atoms with Gasteiger partial charge in [-0.05, 0) is 49.2 Å². The van der Waals surface area contributed by atoms with Gasteiger partial charge in [0.05, 0.1) is 6.04 Å². The zero-order chi connectivity index (χ0) is 21.3. The summed E-state index contributed by atoms with van der Waals surface area (Å²) in [7, 11) is 0. The quantitative estimate of drug-likeness (QED) is 0.662. The van der Waals surface area contributed by atoms with E-state index in [0.717, 1.165) is 4.90 Å². The zero-order valence-electron chi connectivity index (χ0n) is 15.6. The molecule has 2 unspecified atom stereocenters. The minimum atomic E-state index is -1.27. The molecule has 2 N–H and O–H groups in total. The molecular weight excluding hydrogens is 437 g/mol. The van der Waals surface area contributed by atoms with Crippen LogP contribution in [0.1, 0.15) is 31.0 Å². The highest BCUT2D eigenvalue weighted by Gasteiger charge is 2.49. The van der Waals surface area contributed by atoms with E-state index in [1.807, 2.05) is 0 Å². The van der Waals surface area contributed by atoms with Crippen LogP contribution < -0.4 is 10.6 Å². The number of urea groups is 1. The first kappa shape index (κ1) is 21.4. The Hall–Kier alpha value is -2.28. The van der Waals surface area contributed by atoms with Crippen molar-refractivity contribution in [3.05, 3.63) is 68.7 Å². The third-order valence-electron chi connectivity index (χ3n) is 4.80. The molecule has 152 valence electrons. The number of amides is 4. The molecule has 1 fully saturated rings. The number of nitrogens with zero attached hydrogens (tertiary/aromatic N) is 1. The number of carbonyl (C=O) groups excluding carboxylic acids is 3. The summed E-state index contributed by atoms with van der Waals surface area (Å²) in [6.45, 7) is 2.92. The summed E-state index contributed by atoms with van der Waals surface area (Å²) in [4.78, 5) is 38.6. The summed E-state index contributed by atoms with van der Waals surface area (Å²) in [5, 5.41) is 6.80. The second kappa shape index (κ2) is 8.22. The lowest BCUT2D eigenvalue weighted by Gasteiger charge is -2.22. The number of benzene rings is 2. The predicted molar refractivity (Wildman–Crippen MR) is 112 cm³/mol. The Morgan fingerprint density at radius 3 is 2.34 bits per heavy atom. The molecular formula is C20H18Cl3N3O3. The molecule has 2 aromatic carbocycles. The van der Waals surface area contributed by atoms with E-state index in [4.69, 9.17) is 34.8 Å². The molecule has 1 aliphatic heterocycles. The Morgan fingerprint density at radius 2 is 1.72 bits per heavy atom. The predicted octanol–water partition coefficient (Wildman–Crippen LogP) is 4.29. The minimum Gasteiger partial charge on any atom is -0.348 e. The number of hydrogen-bond acceptors (Lipinski definition) is 3. The van der Waals surface area contributed by atoms with Crippen LogP contribution in [0.2, 0.25) is 15.1 Å². The van der Waals surface area contributed by atoms with Crippen LogP contribution in [0.25, 0.3) is 0 Å². The molecule has 0 saturated carbocycles. The highest BCUT2D eigenvalue weighted by Crippen LogP contribution is 2.30. The van der Waals surface area contributed by atoms with Crippen molar-refractivity contribution in [3.63, 3.8) is 0 Å². The maximum Gasteiger partial charge on any atom is 0.325 e. The third kappa shape index (κ3) is 4.34. The molecule has 0 aliphatic carbocycles. The van der Waals surface area contributed by atoms with E-state index in [0.29, 0.717) is 26.2 Å². The third-order valence-corrected chi connectivity index (χ3v) is 5.62. The molecule has 2 aromatic rings. The van der Waals surface area contributed by atoms with Crippen molar-refractivity contribution in [2.75, 3.05) is 6.54 Å². The number of rotatable bonds is 5. The van der Waals surface area contributed by atoms with E-state index in [1.165, 1.54) is 0 Å². The first-order valence-electron chi connectivity index (χ1n) is 8.76. The fourth-order valence-electron chi connectivity index (χ4n) is 3.18. The van der Waals surface area contributed by atoms with Crippen molar-refractivity contribution in [2.24, 2.45) is 0 Å². The molecule has 1 saturated heterocycles. The van der Waals surface area contributed by atoms with Gasteiger partial charge in [-0.1, -0.05) is 53.0 Å². The van der Waals surface area contributed by atoms with E-state index in [2.05, 4.69) is 10.6 Å². The van der Waals surface area contributed by atoms with Crippen LogP contribution in [0.5, 0.6) is 0 Å². The van der Waals surface area contributed by atoms with Gasteiger partial charge in [-0.25, -0.2) is 4.79 Å². The highest BCUT2D eigenvalue weighted by atomic mass is 35.5. The summed E-state index contributed by atoms with van der Waals surface area (Å²) in [6.07, 6.45) is 0. The van der Waals surface area contributed by atoms with Crippen LogP contribution in [0.4, 0.5) is 4.79 Å². The maximum absolute atomic E-state index is 12.9. The van der Waals surface area contributed by atoms with E-state index >= 15 is 0 Å². The topological polar surface area (TPSA) is 78.5 Å². The number of nitrogens with one attached hydrogen (secondary N) is 2. The van der Waals surface area contributed by atoms with Crippen molar-refractivity contribution < 1.29 is 14.4 Å². The number of carbonyl (C=O) groups is 3. The molecule has 3 rings (SSSR count). The van der Waals surface area contributed by atoms with Crippen molar-refractivity contribution in [1.82, 2.24) is 15.5 Å². The fraction of sp³-hybridized carbons (Fsp3) is 0.250. The molecule has 1 aliphatic rings. The Bertz CT molecular complexity index is 981. The van der Waals surface area contributed by atoms with Crippen LogP contribution in [0, 0.1) is 0 Å². The van der Waals surface area contributed by atoms with Crippen molar-refractivity contribution in [3.8, 4) is 0 Å². The first-order chi connectivity index (χ1) is 13.6. The lowest BCUT2D eigenvalue weighted by molar-refractivity contribution is -0.135. The van der Waals surface area contributed by atoms with Gasteiger partial charge in [0.15, 0.2) is 0 Å². The summed E-state index contributed by atoms with van der Waals surface area (Å²) in [5.74, 6) is -1.01. The standard InChI is InChI=1S/C20H18Cl3N3O3/c1-11(15-8-7-14(22)9-16(15)23)24-17(27)10-26-18(28)20(2,25-19(26)29)12-3-5-13(21)6-4-12/h3-9,11H,10H2,1-2H3,(H,24,27)(H,25,29). The summed E-state index contributed by atoms with van der Waals surface area (Å²) in [5.41, 5.74) is -0.0235. The molecule has 2 atom stereocenters. The average molecular weight is 455 g/mol. The maximum atomic E-state index is 12.9. The van der Waals surface area contributed by atoms with Gasteiger partial charge in [0.2, 0.25) is 5.91 Å². The molecule has 0 radical (unpaired) electrons. The van der Waals surface area contributed by atoms with E-state index < -0.39 is 36.0 Å². The van der Waals surface area contributed by atoms with E-state index in [-0.39, 0.29) is 0 Å². The second-order valence-corrected chi connectivity index (χ2v) is 8.19. The van der Waals surface area contributed by atoms with Crippen molar-refractivity contribution >= 4 is 52.6 Å². The number of hydrogen-bond donors (Lipinski definition) is 2. The normalized spacial score (nSPS) is 19.8. The molecule has 6 nitrogen and oxygen atoms in total. The first-order valence-corrected chi connectivity index (χ1v) is 9.89. The summed E-state index contributed by atoms with van der Waals surface area (Å²) in [6, 6.07) is 10.5. The Morgan fingerprint density at radius 1 is 1.10 bits per heavy atom. The van der Waals surface area contributed by atoms with Gasteiger partial charge in [-0.15, -0.1) is 0 Å². The number of imide groups is 1. The smallest absolute Gasteiger partial charge is 0.325 e. The van der Waals surface area contributed by atoms with Gasteiger partial charge in [-0.2, -0.15) is 0 Å². The average Bonchev–Trinajstić information content (AvgIpc) is 2.86. The van der Waals surface area contributed by atoms with Crippen LogP contribution in [-0.2, 0) is 15.1 Å². The lowest BCUT2D eigenvalue weighted by atomic mass is 9.92. The van der Waals surface area contributed by atoms with E-state index in [1.54, 1.807) is 56.3 Å². The molecule has 9 heteroatoms. The van der Waals surface area contributed by atoms with Gasteiger partial charge < -0.3 is 10.6 Å². The van der Waals surface area contributed by atoms with Gasteiger partial charge in [0, 0.05) is 15.1 Å². The van der Waals surface area contributed by atoms with E-state index in [9.17, 15) is 14.4 Å². The fourth-order valence-corrected chi connectivity index (χ4v) is 3.88. The second-order valence-electron chi connectivity index (χ2n) is 6.91. The lowest BCUT2D eigenvalue weighted by Crippen LogP contribution is -2.43. The van der Waals surface area contributed by atoms with Crippen molar-refractivity contribution in [2.45, 2.75) is 25.4 Å². The molecule has 0 spiro atoms. The van der Waals surface area contributed by atoms with Crippen LogP contribution in [-0.4, -0.2) is 29.3 Å². The monoisotopic (exact) mass is 453 g/mol. The number of halogens is 3. The molecule has 0 bridgehead atoms. The Labute approximate surface area is 183 Å². The molecule has 1 heterocycles. The van der Waals surface area contributed by atoms with Gasteiger partial charge in [0.25, 0.3) is 5.91 Å². The summed E-state index contributed by atoms with van der Waals surface area (Å²) >= 11 is 18.0. The van der Waals surface area contributed by atoms with Crippen LogP contribution in [0.15, 0.2) is 42.5 Å². The summed E-state index contributed by atoms with van der Waals surface area (Å²) < 4.78 is 0. The van der Waals surface area contributed by atoms with Gasteiger partial charge in [0.1, 0.15) is 12.1 Å². The minimum absolute atomic E-state index is 0.413. The molecule has 0 aromatic heterocycles. The zero-order valence-corrected chi connectivity index (χ0v) is 17.9. The largest absolute Gasteiger partial charge is 0.348 e.